The van der Waals surface area contributed by atoms with Gasteiger partial charge in [-0.05, 0) is 21.5 Å². The summed E-state index contributed by atoms with van der Waals surface area (Å²) >= 11 is 3.41. The summed E-state index contributed by atoms with van der Waals surface area (Å²) in [6.07, 6.45) is -0.215. The molecular formula is C19H16BrN3O3. The predicted octanol–water partition coefficient (Wildman–Crippen LogP) is 3.79. The highest BCUT2D eigenvalue weighted by Crippen LogP contribution is 2.29. The number of carboxylic acids is 1. The Morgan fingerprint density at radius 3 is 2.31 bits per heavy atom. The Morgan fingerprint density at radius 2 is 1.69 bits per heavy atom. The highest BCUT2D eigenvalue weighted by Gasteiger charge is 2.23. The third kappa shape index (κ3) is 4.00. The number of rotatable bonds is 6. The van der Waals surface area contributed by atoms with Gasteiger partial charge in [-0.25, -0.2) is 0 Å². The monoisotopic (exact) mass is 413 g/mol. The van der Waals surface area contributed by atoms with Crippen molar-refractivity contribution in [3.8, 4) is 11.3 Å². The van der Waals surface area contributed by atoms with Crippen LogP contribution >= 0.6 is 15.9 Å². The Hall–Kier alpha value is -2.93. The number of carbonyl (C=O) groups is 2. The molecule has 3 rings (SSSR count). The van der Waals surface area contributed by atoms with Crippen molar-refractivity contribution in [2.45, 2.75) is 12.5 Å². The van der Waals surface area contributed by atoms with E-state index in [1.54, 1.807) is 24.3 Å². The molecular weight excluding hydrogens is 398 g/mol. The van der Waals surface area contributed by atoms with Crippen LogP contribution in [0.5, 0.6) is 0 Å². The van der Waals surface area contributed by atoms with E-state index in [2.05, 4.69) is 31.4 Å². The Balaban J connectivity index is 1.84. The zero-order chi connectivity index (χ0) is 18.5. The van der Waals surface area contributed by atoms with Crippen molar-refractivity contribution in [1.82, 2.24) is 15.5 Å². The van der Waals surface area contributed by atoms with E-state index in [1.807, 2.05) is 36.4 Å². The third-order valence-electron chi connectivity index (χ3n) is 3.87. The number of aromatic nitrogens is 2. The Morgan fingerprint density at radius 1 is 1.08 bits per heavy atom. The minimum absolute atomic E-state index is 0.215. The molecule has 0 radical (unpaired) electrons. The van der Waals surface area contributed by atoms with E-state index in [4.69, 9.17) is 5.11 Å². The topological polar surface area (TPSA) is 95.1 Å². The van der Waals surface area contributed by atoms with Crippen molar-refractivity contribution in [2.75, 3.05) is 0 Å². The first kappa shape index (κ1) is 17.9. The molecule has 3 aromatic rings. The van der Waals surface area contributed by atoms with Gasteiger partial charge in [0.25, 0.3) is 5.91 Å². The van der Waals surface area contributed by atoms with E-state index in [0.29, 0.717) is 10.2 Å². The van der Waals surface area contributed by atoms with E-state index in [-0.39, 0.29) is 12.1 Å². The number of H-pyrrole nitrogens is 1. The molecule has 0 aliphatic heterocycles. The number of benzene rings is 2. The van der Waals surface area contributed by atoms with Gasteiger partial charge in [-0.1, -0.05) is 60.7 Å². The maximum Gasteiger partial charge on any atom is 0.305 e. The van der Waals surface area contributed by atoms with E-state index in [9.17, 15) is 9.59 Å². The Kier molecular flexibility index (Phi) is 5.48. The molecule has 3 N–H and O–H groups in total. The van der Waals surface area contributed by atoms with Crippen molar-refractivity contribution in [3.63, 3.8) is 0 Å². The molecule has 6 nitrogen and oxygen atoms in total. The molecule has 26 heavy (non-hydrogen) atoms. The summed E-state index contributed by atoms with van der Waals surface area (Å²) < 4.78 is 0.531. The molecule has 0 spiro atoms. The van der Waals surface area contributed by atoms with Gasteiger partial charge in [0.2, 0.25) is 0 Å². The molecule has 1 atom stereocenters. The van der Waals surface area contributed by atoms with Crippen molar-refractivity contribution in [1.29, 1.82) is 0 Å². The molecule has 0 saturated carbocycles. The summed E-state index contributed by atoms with van der Waals surface area (Å²) in [5.41, 5.74) is 2.45. The number of carbonyl (C=O) groups excluding carboxylic acids is 1. The molecule has 0 aliphatic rings. The van der Waals surface area contributed by atoms with Gasteiger partial charge >= 0.3 is 5.97 Å². The lowest BCUT2D eigenvalue weighted by atomic mass is 10.0. The number of hydrogen-bond acceptors (Lipinski definition) is 3. The number of hydrogen-bond donors (Lipinski definition) is 3. The van der Waals surface area contributed by atoms with Gasteiger partial charge in [0.15, 0.2) is 0 Å². The summed E-state index contributed by atoms with van der Waals surface area (Å²) in [6, 6.07) is 17.8. The summed E-state index contributed by atoms with van der Waals surface area (Å²) in [7, 11) is 0. The second kappa shape index (κ2) is 7.97. The molecule has 0 bridgehead atoms. The summed E-state index contributed by atoms with van der Waals surface area (Å²) in [5.74, 6) is -1.42. The number of aliphatic carboxylic acids is 1. The van der Waals surface area contributed by atoms with Crippen LogP contribution < -0.4 is 5.32 Å². The lowest BCUT2D eigenvalue weighted by Crippen LogP contribution is -2.30. The third-order valence-corrected chi connectivity index (χ3v) is 4.64. The molecule has 1 amide bonds. The second-order valence-electron chi connectivity index (χ2n) is 5.66. The molecule has 0 fully saturated rings. The van der Waals surface area contributed by atoms with Gasteiger partial charge in [-0.3, -0.25) is 14.7 Å². The molecule has 1 heterocycles. The minimum Gasteiger partial charge on any atom is -0.481 e. The zero-order valence-corrected chi connectivity index (χ0v) is 15.2. The van der Waals surface area contributed by atoms with Crippen LogP contribution in [0.15, 0.2) is 65.1 Å². The standard InChI is InChI=1S/C19H16BrN3O3/c20-16-17(13-9-5-2-6-10-13)22-23-18(16)19(26)21-14(11-15(24)25)12-7-3-1-4-8-12/h1-10,14H,11H2,(H,21,26)(H,22,23)(H,24,25)/t14-/m1/s1. The lowest BCUT2D eigenvalue weighted by Gasteiger charge is -2.17. The van der Waals surface area contributed by atoms with Crippen LogP contribution in [0.3, 0.4) is 0 Å². The smallest absolute Gasteiger partial charge is 0.305 e. The number of nitrogens with one attached hydrogen (secondary N) is 2. The van der Waals surface area contributed by atoms with Crippen LogP contribution in [0.2, 0.25) is 0 Å². The summed E-state index contributed by atoms with van der Waals surface area (Å²) in [6.45, 7) is 0. The maximum absolute atomic E-state index is 12.7. The van der Waals surface area contributed by atoms with Crippen LogP contribution in [0.1, 0.15) is 28.5 Å². The molecule has 1 aromatic heterocycles. The average Bonchev–Trinajstić information content (AvgIpc) is 3.04. The van der Waals surface area contributed by atoms with E-state index in [0.717, 1.165) is 11.1 Å². The van der Waals surface area contributed by atoms with Crippen molar-refractivity contribution in [2.24, 2.45) is 0 Å². The Labute approximate surface area is 158 Å². The first-order valence-electron chi connectivity index (χ1n) is 7.93. The fraction of sp³-hybridized carbons (Fsp3) is 0.105. The van der Waals surface area contributed by atoms with Gasteiger partial charge < -0.3 is 10.4 Å². The fourth-order valence-electron chi connectivity index (χ4n) is 2.61. The fourth-order valence-corrected chi connectivity index (χ4v) is 3.20. The van der Waals surface area contributed by atoms with Crippen LogP contribution in [0, 0.1) is 0 Å². The van der Waals surface area contributed by atoms with Crippen LogP contribution in [-0.4, -0.2) is 27.2 Å². The zero-order valence-electron chi connectivity index (χ0n) is 13.6. The number of aromatic amines is 1. The van der Waals surface area contributed by atoms with Gasteiger partial charge in [-0.2, -0.15) is 5.10 Å². The quantitative estimate of drug-likeness (QED) is 0.572. The number of halogens is 1. The highest BCUT2D eigenvalue weighted by atomic mass is 79.9. The van der Waals surface area contributed by atoms with Gasteiger partial charge in [0, 0.05) is 5.56 Å². The van der Waals surface area contributed by atoms with Crippen molar-refractivity contribution < 1.29 is 14.7 Å². The molecule has 0 saturated heterocycles. The molecule has 2 aromatic carbocycles. The largest absolute Gasteiger partial charge is 0.481 e. The molecule has 0 unspecified atom stereocenters. The van der Waals surface area contributed by atoms with Gasteiger partial charge in [0.05, 0.1) is 16.9 Å². The first-order valence-corrected chi connectivity index (χ1v) is 8.72. The molecule has 0 aliphatic carbocycles. The molecule has 7 heteroatoms. The maximum atomic E-state index is 12.7. The lowest BCUT2D eigenvalue weighted by molar-refractivity contribution is -0.137. The Bertz CT molecular complexity index is 910. The predicted molar refractivity (Wildman–Crippen MR) is 101 cm³/mol. The van der Waals surface area contributed by atoms with E-state index >= 15 is 0 Å². The number of amides is 1. The van der Waals surface area contributed by atoms with Crippen LogP contribution in [0.4, 0.5) is 0 Å². The molecule has 132 valence electrons. The summed E-state index contributed by atoms with van der Waals surface area (Å²) in [5, 5.41) is 18.8. The first-order chi connectivity index (χ1) is 12.6. The van der Waals surface area contributed by atoms with E-state index in [1.165, 1.54) is 0 Å². The minimum atomic E-state index is -0.993. The van der Waals surface area contributed by atoms with Gasteiger partial charge in [-0.15, -0.1) is 0 Å². The summed E-state index contributed by atoms with van der Waals surface area (Å²) in [4.78, 5) is 23.8. The SMILES string of the molecule is O=C(O)C[C@@H](NC(=O)c1[nH]nc(-c2ccccc2)c1Br)c1ccccc1. The highest BCUT2D eigenvalue weighted by molar-refractivity contribution is 9.10. The van der Waals surface area contributed by atoms with Crippen molar-refractivity contribution >= 4 is 27.8 Å². The number of nitrogens with zero attached hydrogens (tertiary/aromatic N) is 1. The van der Waals surface area contributed by atoms with E-state index < -0.39 is 17.9 Å². The van der Waals surface area contributed by atoms with Crippen LogP contribution in [0.25, 0.3) is 11.3 Å². The number of carboxylic acid groups (broad SMARTS) is 1. The van der Waals surface area contributed by atoms with Crippen molar-refractivity contribution in [3.05, 3.63) is 76.4 Å². The second-order valence-corrected chi connectivity index (χ2v) is 6.45. The van der Waals surface area contributed by atoms with Crippen LogP contribution in [-0.2, 0) is 4.79 Å². The normalized spacial score (nSPS) is 11.7. The van der Waals surface area contributed by atoms with Gasteiger partial charge in [0.1, 0.15) is 11.4 Å². The average molecular weight is 414 g/mol.